The zero-order chi connectivity index (χ0) is 73.7. The molecule has 1 aliphatic rings. The van der Waals surface area contributed by atoms with E-state index in [-0.39, 0.29) is 69.8 Å². The molecule has 9 atom stereocenters. The van der Waals surface area contributed by atoms with Gasteiger partial charge in [0, 0.05) is 39.1 Å². The third-order valence-corrected chi connectivity index (χ3v) is 24.6. The Hall–Kier alpha value is -6.44. The number of likely N-dealkylation sites (tertiary alicyclic amines) is 1. The van der Waals surface area contributed by atoms with Crippen LogP contribution in [0.2, 0.25) is 24.2 Å². The Balaban J connectivity index is 1.52. The molecule has 19 heteroatoms. The number of carbonyl (C=O) groups is 8. The van der Waals surface area contributed by atoms with E-state index >= 15 is 4.79 Å². The van der Waals surface area contributed by atoms with E-state index in [1.165, 1.54) is 24.2 Å². The molecule has 3 aromatic rings. The van der Waals surface area contributed by atoms with Crippen molar-refractivity contribution in [3.63, 3.8) is 0 Å². The predicted molar refractivity (Wildman–Crippen MR) is 395 cm³/mol. The van der Waals surface area contributed by atoms with E-state index in [9.17, 15) is 33.6 Å². The van der Waals surface area contributed by atoms with Crippen LogP contribution in [0.15, 0.2) is 91.0 Å². The van der Waals surface area contributed by atoms with Crippen molar-refractivity contribution in [3.8, 4) is 0 Å². The molecule has 1 saturated heterocycles. The van der Waals surface area contributed by atoms with Crippen LogP contribution in [0, 0.1) is 46.3 Å². The molecule has 1 heterocycles. The molecule has 1 fully saturated rings. The van der Waals surface area contributed by atoms with Crippen molar-refractivity contribution in [2.75, 3.05) is 39.5 Å². The van der Waals surface area contributed by atoms with Crippen molar-refractivity contribution in [2.45, 2.75) is 261 Å². The summed E-state index contributed by atoms with van der Waals surface area (Å²) in [6.07, 6.45) is 4.31. The fraction of sp³-hybridized carbons (Fsp3) is 0.675. The Labute approximate surface area is 595 Å². The summed E-state index contributed by atoms with van der Waals surface area (Å²) in [5.74, 6) is -4.27. The number of hydrogen-bond donors (Lipinski definition) is 4. The van der Waals surface area contributed by atoms with Crippen LogP contribution >= 0.6 is 0 Å². The molecule has 4 unspecified atom stereocenters. The highest BCUT2D eigenvalue weighted by Crippen LogP contribution is 2.35. The van der Waals surface area contributed by atoms with Crippen molar-refractivity contribution >= 4 is 55.5 Å². The van der Waals surface area contributed by atoms with Crippen molar-refractivity contribution in [1.82, 2.24) is 26.2 Å². The van der Waals surface area contributed by atoms with Gasteiger partial charge in [-0.15, -0.1) is 0 Å². The van der Waals surface area contributed by atoms with Crippen molar-refractivity contribution < 1.29 is 62.0 Å². The van der Waals surface area contributed by atoms with Gasteiger partial charge in [-0.1, -0.05) is 199 Å². The third-order valence-electron chi connectivity index (χ3n) is 18.9. The molecule has 0 aliphatic carbocycles. The Kier molecular flexibility index (Phi) is 35.1. The molecule has 0 saturated carbocycles. The molecule has 0 spiro atoms. The second-order valence-corrected chi connectivity index (χ2v) is 38.3. The lowest BCUT2D eigenvalue weighted by Gasteiger charge is -2.32. The van der Waals surface area contributed by atoms with E-state index in [1.54, 1.807) is 79.7 Å². The zero-order valence-corrected chi connectivity index (χ0v) is 64.7. The molecule has 0 aromatic heterocycles. The SMILES string of the molecule is CC[Si](CC)(CCCOCC(CCC(C)CC(C)(C)C)C(C)CC(C)(C)C)CCOC(=O)[C@@H](CC(=O)[C@H](Cc1ccccc1)NC(=O)C1CCCN1C(=O)[C@@H](NC(=O)[C@H](CNC(=O)OC(C)(C)C)CC(=O)[C@H](COC(C)(C)C)NC(=O)OCc1ccccc1)C(C)C)Cc1ccccc1. The van der Waals surface area contributed by atoms with Crippen LogP contribution in [0.4, 0.5) is 9.59 Å². The monoisotopic (exact) mass is 1390 g/mol. The summed E-state index contributed by atoms with van der Waals surface area (Å²) in [6, 6.07) is 27.2. The lowest BCUT2D eigenvalue weighted by atomic mass is 9.76. The Morgan fingerprint density at radius 2 is 1.16 bits per heavy atom. The second kappa shape index (κ2) is 40.9. The van der Waals surface area contributed by atoms with Gasteiger partial charge in [-0.05, 0) is 150 Å². The number of nitrogens with zero attached hydrogens (tertiary/aromatic N) is 1. The minimum atomic E-state index is -1.88. The summed E-state index contributed by atoms with van der Waals surface area (Å²) in [5, 5.41) is 11.1. The van der Waals surface area contributed by atoms with Crippen LogP contribution in [0.25, 0.3) is 0 Å². The largest absolute Gasteiger partial charge is 0.466 e. The molecular weight excluding hydrogens is 1270 g/mol. The maximum Gasteiger partial charge on any atom is 0.408 e. The molecule has 99 heavy (non-hydrogen) atoms. The highest BCUT2D eigenvalue weighted by molar-refractivity contribution is 6.79. The second-order valence-electron chi connectivity index (χ2n) is 32.9. The van der Waals surface area contributed by atoms with Gasteiger partial charge < -0.3 is 49.9 Å². The first-order valence-electron chi connectivity index (χ1n) is 36.8. The maximum atomic E-state index is 15.0. The molecule has 4 rings (SSSR count). The number of hydrogen-bond acceptors (Lipinski definition) is 13. The first kappa shape index (κ1) is 85.0. The predicted octanol–water partition coefficient (Wildman–Crippen LogP) is 14.9. The number of alkyl carbamates (subject to hydrolysis) is 2. The quantitative estimate of drug-likeness (QED) is 0.0179. The van der Waals surface area contributed by atoms with Crippen LogP contribution < -0.4 is 21.3 Å². The normalized spacial score (nSPS) is 16.3. The van der Waals surface area contributed by atoms with Crippen molar-refractivity contribution in [1.29, 1.82) is 0 Å². The van der Waals surface area contributed by atoms with Gasteiger partial charge in [0.1, 0.15) is 30.3 Å². The van der Waals surface area contributed by atoms with Gasteiger partial charge in [0.05, 0.1) is 44.8 Å². The summed E-state index contributed by atoms with van der Waals surface area (Å²) in [5.41, 5.74) is 1.30. The number of Topliss-reactive ketones (excluding diaryl/α,β-unsaturated/α-hetero) is 2. The maximum absolute atomic E-state index is 15.0. The van der Waals surface area contributed by atoms with E-state index < -0.39 is 109 Å². The summed E-state index contributed by atoms with van der Waals surface area (Å²) < 4.78 is 29.7. The Morgan fingerprint density at radius 1 is 0.596 bits per heavy atom. The summed E-state index contributed by atoms with van der Waals surface area (Å²) in [4.78, 5) is 116. The molecular formula is C80H127N5O13Si. The van der Waals surface area contributed by atoms with Crippen LogP contribution in [-0.2, 0) is 71.9 Å². The molecule has 3 aromatic carbocycles. The number of benzene rings is 3. The average Bonchev–Trinajstić information content (AvgIpc) is 1.82. The standard InChI is InChI=1S/C80H127N5O13Si/c1-19-99(20-2,44-31-42-94-54-62(58(6)51-78(10,11)12)40-39-57(5)50-77(7,8)9)45-43-95-74(91)63(46-59-32-24-21-25-33-59)48-68(86)65(47-60-34-26-22-27-35-60)82-72(89)67-38-30-41-85(67)73(90)70(56(3)4)84-71(88)64(52-81-75(92)98-80(16,17)18)49-69(87)66(55-97-79(13,14)15)83-76(93)96-53-61-36-28-23-29-37-61/h21-29,32-37,56-58,62-67,70H,19-20,30-31,38-55H2,1-18H3,(H,81,92)(H,82,89)(H,83,93)(H,84,88)/t57?,58?,62?,63-,64+,65+,66+,67?,70+/m1/s1. The fourth-order valence-electron chi connectivity index (χ4n) is 13.4. The van der Waals surface area contributed by atoms with Gasteiger partial charge in [0.15, 0.2) is 11.6 Å². The summed E-state index contributed by atoms with van der Waals surface area (Å²) >= 11 is 0. The van der Waals surface area contributed by atoms with Crippen LogP contribution in [0.5, 0.6) is 0 Å². The average molecular weight is 1400 g/mol. The number of ether oxygens (including phenoxy) is 5. The number of amides is 5. The van der Waals surface area contributed by atoms with E-state index in [0.717, 1.165) is 60.3 Å². The van der Waals surface area contributed by atoms with Gasteiger partial charge in [0.2, 0.25) is 17.7 Å². The molecule has 0 radical (unpaired) electrons. The van der Waals surface area contributed by atoms with Crippen LogP contribution in [0.3, 0.4) is 0 Å². The summed E-state index contributed by atoms with van der Waals surface area (Å²) in [7, 11) is -1.88. The van der Waals surface area contributed by atoms with E-state index in [2.05, 4.69) is 90.5 Å². The van der Waals surface area contributed by atoms with E-state index in [0.29, 0.717) is 36.2 Å². The number of nitrogens with one attached hydrogen (secondary N) is 4. The summed E-state index contributed by atoms with van der Waals surface area (Å²) in [6.45, 7) is 38.3. The van der Waals surface area contributed by atoms with Crippen LogP contribution in [-0.4, -0.2) is 135 Å². The molecule has 1 aliphatic heterocycles. The van der Waals surface area contributed by atoms with Gasteiger partial charge in [-0.25, -0.2) is 9.59 Å². The van der Waals surface area contributed by atoms with Gasteiger partial charge in [0.25, 0.3) is 0 Å². The molecule has 4 N–H and O–H groups in total. The lowest BCUT2D eigenvalue weighted by Crippen LogP contribution is -2.58. The first-order valence-corrected chi connectivity index (χ1v) is 39.6. The number of ketones is 2. The van der Waals surface area contributed by atoms with Crippen molar-refractivity contribution in [2.24, 2.45) is 46.3 Å². The number of rotatable bonds is 41. The molecule has 5 amide bonds. The minimum Gasteiger partial charge on any atom is -0.466 e. The number of esters is 1. The molecule has 0 bridgehead atoms. The Morgan fingerprint density at radius 3 is 1.72 bits per heavy atom. The van der Waals surface area contributed by atoms with Gasteiger partial charge in [-0.2, -0.15) is 0 Å². The smallest absolute Gasteiger partial charge is 0.408 e. The lowest BCUT2D eigenvalue weighted by molar-refractivity contribution is -0.150. The topological polar surface area (TPSA) is 234 Å². The van der Waals surface area contributed by atoms with Gasteiger partial charge >= 0.3 is 18.2 Å². The van der Waals surface area contributed by atoms with E-state index in [1.807, 2.05) is 66.7 Å². The molecule has 554 valence electrons. The fourth-order valence-corrected chi connectivity index (χ4v) is 17.0. The van der Waals surface area contributed by atoms with E-state index in [4.69, 9.17) is 23.7 Å². The minimum absolute atomic E-state index is 0.0715. The van der Waals surface area contributed by atoms with Crippen molar-refractivity contribution in [3.05, 3.63) is 108 Å². The highest BCUT2D eigenvalue weighted by Gasteiger charge is 2.42. The van der Waals surface area contributed by atoms with Crippen LogP contribution in [0.1, 0.15) is 199 Å². The van der Waals surface area contributed by atoms with Gasteiger partial charge in [-0.3, -0.25) is 28.8 Å². The molecule has 18 nitrogen and oxygen atoms in total. The third kappa shape index (κ3) is 32.8. The zero-order valence-electron chi connectivity index (χ0n) is 63.7. The number of carbonyl (C=O) groups excluding carboxylic acids is 8. The first-order chi connectivity index (χ1) is 46.4. The Bertz CT molecular complexity index is 2950. The highest BCUT2D eigenvalue weighted by atomic mass is 28.3.